The first-order valence-corrected chi connectivity index (χ1v) is 10.1. The molecular weight excluding hydrogens is 368 g/mol. The molecule has 0 saturated heterocycles. The van der Waals surface area contributed by atoms with E-state index in [1.807, 2.05) is 6.07 Å². The van der Waals surface area contributed by atoms with Crippen molar-refractivity contribution in [3.63, 3.8) is 0 Å². The zero-order valence-electron chi connectivity index (χ0n) is 17.1. The van der Waals surface area contributed by atoms with Gasteiger partial charge < -0.3 is 19.7 Å². The maximum Gasteiger partial charge on any atom is 0.220 e. The van der Waals surface area contributed by atoms with Crippen LogP contribution in [0.15, 0.2) is 42.5 Å². The highest BCUT2D eigenvalue weighted by Gasteiger charge is 2.16. The number of ketones is 1. The number of fused-ring (bicyclic) bond motifs is 1. The number of carbonyl (C=O) groups is 2. The Morgan fingerprint density at radius 2 is 1.83 bits per heavy atom. The number of nitrogens with one attached hydrogen (secondary N) is 1. The fourth-order valence-corrected chi connectivity index (χ4v) is 3.30. The molecule has 1 amide bonds. The van der Waals surface area contributed by atoms with E-state index in [9.17, 15) is 9.59 Å². The summed E-state index contributed by atoms with van der Waals surface area (Å²) in [6, 6.07) is 13.5. The highest BCUT2D eigenvalue weighted by molar-refractivity contribution is 5.98. The van der Waals surface area contributed by atoms with Crippen molar-refractivity contribution in [1.29, 1.82) is 0 Å². The minimum absolute atomic E-state index is 0.0768. The lowest BCUT2D eigenvalue weighted by atomic mass is 10.1. The number of carbonyl (C=O) groups excluding carboxylic acids is 2. The largest absolute Gasteiger partial charge is 0.486 e. The van der Waals surface area contributed by atoms with Gasteiger partial charge in [-0.2, -0.15) is 0 Å². The monoisotopic (exact) mass is 396 g/mol. The van der Waals surface area contributed by atoms with Gasteiger partial charge in [-0.1, -0.05) is 12.1 Å². The van der Waals surface area contributed by atoms with Gasteiger partial charge in [0.25, 0.3) is 0 Å². The Morgan fingerprint density at radius 3 is 2.59 bits per heavy atom. The quantitative estimate of drug-likeness (QED) is 0.658. The molecule has 0 saturated carbocycles. The van der Waals surface area contributed by atoms with Gasteiger partial charge in [0.2, 0.25) is 5.91 Å². The number of benzene rings is 2. The van der Waals surface area contributed by atoms with Crippen molar-refractivity contribution in [3.05, 3.63) is 53.6 Å². The van der Waals surface area contributed by atoms with E-state index in [1.54, 1.807) is 18.2 Å². The molecule has 3 rings (SSSR count). The summed E-state index contributed by atoms with van der Waals surface area (Å²) in [5.74, 6) is 1.05. The molecule has 0 aliphatic carbocycles. The van der Waals surface area contributed by atoms with Crippen molar-refractivity contribution in [2.75, 3.05) is 37.7 Å². The molecule has 0 fully saturated rings. The van der Waals surface area contributed by atoms with Crippen LogP contribution in [0.3, 0.4) is 0 Å². The lowest BCUT2D eigenvalue weighted by Crippen LogP contribution is -2.35. The van der Waals surface area contributed by atoms with Gasteiger partial charge in [0.05, 0.1) is 0 Å². The molecule has 1 aliphatic heterocycles. The van der Waals surface area contributed by atoms with E-state index >= 15 is 0 Å². The van der Waals surface area contributed by atoms with Crippen LogP contribution in [0.1, 0.15) is 35.7 Å². The Kier molecular flexibility index (Phi) is 7.11. The number of hydrogen-bond acceptors (Lipinski definition) is 5. The molecule has 6 heteroatoms. The fraction of sp³-hybridized carbons (Fsp3) is 0.391. The van der Waals surface area contributed by atoms with Gasteiger partial charge in [-0.25, -0.2) is 0 Å². The van der Waals surface area contributed by atoms with Crippen molar-refractivity contribution < 1.29 is 19.1 Å². The molecule has 29 heavy (non-hydrogen) atoms. The smallest absolute Gasteiger partial charge is 0.220 e. The summed E-state index contributed by atoms with van der Waals surface area (Å²) in [5, 5.41) is 2.91. The first-order valence-electron chi connectivity index (χ1n) is 10.1. The van der Waals surface area contributed by atoms with Crippen molar-refractivity contribution >= 4 is 17.4 Å². The van der Waals surface area contributed by atoms with Crippen LogP contribution in [0.4, 0.5) is 5.69 Å². The molecule has 0 spiro atoms. The summed E-state index contributed by atoms with van der Waals surface area (Å²) in [5.41, 5.74) is 2.90. The Labute approximate surface area is 171 Å². The second-order valence-corrected chi connectivity index (χ2v) is 7.05. The van der Waals surface area contributed by atoms with Crippen LogP contribution in [-0.4, -0.2) is 44.5 Å². The third-order valence-electron chi connectivity index (χ3n) is 4.90. The Morgan fingerprint density at radius 1 is 1.03 bits per heavy atom. The molecule has 2 aromatic rings. The molecule has 0 unspecified atom stereocenters. The number of rotatable bonds is 9. The van der Waals surface area contributed by atoms with Crippen LogP contribution < -0.4 is 19.7 Å². The van der Waals surface area contributed by atoms with E-state index in [0.29, 0.717) is 36.8 Å². The topological polar surface area (TPSA) is 67.9 Å². The van der Waals surface area contributed by atoms with E-state index in [-0.39, 0.29) is 24.5 Å². The van der Waals surface area contributed by atoms with E-state index in [2.05, 4.69) is 42.3 Å². The van der Waals surface area contributed by atoms with Gasteiger partial charge in [-0.05, 0) is 49.7 Å². The van der Waals surface area contributed by atoms with Gasteiger partial charge in [-0.15, -0.1) is 0 Å². The Hall–Kier alpha value is -3.02. The normalized spacial score (nSPS) is 12.3. The maximum atomic E-state index is 12.4. The predicted octanol–water partition coefficient (Wildman–Crippen LogP) is 3.37. The van der Waals surface area contributed by atoms with Crippen LogP contribution >= 0.6 is 0 Å². The minimum Gasteiger partial charge on any atom is -0.486 e. The molecule has 2 aromatic carbocycles. The predicted molar refractivity (Wildman–Crippen MR) is 113 cm³/mol. The van der Waals surface area contributed by atoms with Crippen LogP contribution in [0.25, 0.3) is 0 Å². The van der Waals surface area contributed by atoms with Gasteiger partial charge in [0.15, 0.2) is 17.3 Å². The van der Waals surface area contributed by atoms with Gasteiger partial charge in [0.1, 0.15) is 13.2 Å². The van der Waals surface area contributed by atoms with E-state index in [4.69, 9.17) is 9.47 Å². The van der Waals surface area contributed by atoms with Crippen molar-refractivity contribution in [2.24, 2.45) is 0 Å². The average molecular weight is 396 g/mol. The van der Waals surface area contributed by atoms with E-state index < -0.39 is 0 Å². The second-order valence-electron chi connectivity index (χ2n) is 7.05. The molecule has 0 atom stereocenters. The second kappa shape index (κ2) is 9.96. The number of hydrogen-bond donors (Lipinski definition) is 1. The first-order chi connectivity index (χ1) is 14.1. The number of ether oxygens (including phenoxy) is 2. The van der Waals surface area contributed by atoms with Crippen LogP contribution in [0.2, 0.25) is 0 Å². The number of anilines is 1. The molecule has 154 valence electrons. The van der Waals surface area contributed by atoms with E-state index in [0.717, 1.165) is 18.8 Å². The lowest BCUT2D eigenvalue weighted by molar-refractivity contribution is -0.121. The van der Waals surface area contributed by atoms with Crippen LogP contribution in [0.5, 0.6) is 11.5 Å². The summed E-state index contributed by atoms with van der Waals surface area (Å²) in [6.45, 7) is 7.28. The Balaban J connectivity index is 1.43. The molecule has 0 radical (unpaired) electrons. The molecule has 1 N–H and O–H groups in total. The molecule has 1 aliphatic rings. The lowest BCUT2D eigenvalue weighted by Gasteiger charge is -2.23. The zero-order valence-corrected chi connectivity index (χ0v) is 17.1. The van der Waals surface area contributed by atoms with Gasteiger partial charge in [0, 0.05) is 43.7 Å². The average Bonchev–Trinajstić information content (AvgIpc) is 2.74. The molecule has 0 aromatic heterocycles. The standard InChI is InChI=1S/C23H28N2O4/c1-3-25(19-6-4-5-17(2)15-19)12-11-24-23(27)10-8-20(26)18-7-9-21-22(16-18)29-14-13-28-21/h4-7,9,15-16H,3,8,10-14H2,1-2H3,(H,24,27). The maximum absolute atomic E-state index is 12.4. The molecular formula is C23H28N2O4. The zero-order chi connectivity index (χ0) is 20.6. The van der Waals surface area contributed by atoms with Crippen LogP contribution in [-0.2, 0) is 4.79 Å². The SMILES string of the molecule is CCN(CCNC(=O)CCC(=O)c1ccc2c(c1)OCCO2)c1cccc(C)c1. The van der Waals surface area contributed by atoms with Gasteiger partial charge in [-0.3, -0.25) is 9.59 Å². The fourth-order valence-electron chi connectivity index (χ4n) is 3.30. The summed E-state index contributed by atoms with van der Waals surface area (Å²) in [6.07, 6.45) is 0.338. The van der Waals surface area contributed by atoms with Crippen molar-refractivity contribution in [3.8, 4) is 11.5 Å². The minimum atomic E-state index is -0.115. The Bertz CT molecular complexity index is 866. The summed E-state index contributed by atoms with van der Waals surface area (Å²) in [7, 11) is 0. The molecule has 1 heterocycles. The highest BCUT2D eigenvalue weighted by atomic mass is 16.6. The van der Waals surface area contributed by atoms with Gasteiger partial charge >= 0.3 is 0 Å². The third kappa shape index (κ3) is 5.73. The summed E-state index contributed by atoms with van der Waals surface area (Å²) >= 11 is 0. The highest BCUT2D eigenvalue weighted by Crippen LogP contribution is 2.31. The first kappa shape index (κ1) is 20.7. The number of amides is 1. The van der Waals surface area contributed by atoms with E-state index in [1.165, 1.54) is 5.56 Å². The number of Topliss-reactive ketones (excluding diaryl/α,β-unsaturated/α-hetero) is 1. The number of aryl methyl sites for hydroxylation is 1. The van der Waals surface area contributed by atoms with Crippen molar-refractivity contribution in [1.82, 2.24) is 5.32 Å². The summed E-state index contributed by atoms with van der Waals surface area (Å²) in [4.78, 5) is 26.8. The molecule has 0 bridgehead atoms. The third-order valence-corrected chi connectivity index (χ3v) is 4.90. The van der Waals surface area contributed by atoms with Crippen molar-refractivity contribution in [2.45, 2.75) is 26.7 Å². The molecule has 6 nitrogen and oxygen atoms in total. The number of likely N-dealkylation sites (N-methyl/N-ethyl adjacent to an activating group) is 1. The summed E-state index contributed by atoms with van der Waals surface area (Å²) < 4.78 is 11.0. The number of nitrogens with zero attached hydrogens (tertiary/aromatic N) is 1. The van der Waals surface area contributed by atoms with Crippen LogP contribution in [0, 0.1) is 6.92 Å².